The summed E-state index contributed by atoms with van der Waals surface area (Å²) in [5, 5.41) is 0. The second kappa shape index (κ2) is 8.75. The van der Waals surface area contributed by atoms with Crippen LogP contribution in [0.4, 0.5) is 0 Å². The first-order chi connectivity index (χ1) is 12.8. The monoisotopic (exact) mass is 406 g/mol. The molecule has 0 spiro atoms. The van der Waals surface area contributed by atoms with E-state index in [0.717, 1.165) is 6.42 Å². The zero-order valence-corrected chi connectivity index (χ0v) is 17.3. The molecular formula is C20H26N2O3S2. The molecule has 4 rings (SSSR count). The minimum atomic E-state index is -3.67. The highest BCUT2D eigenvalue weighted by molar-refractivity contribution is 7.99. The van der Waals surface area contributed by atoms with Gasteiger partial charge in [0, 0.05) is 42.0 Å². The number of rotatable bonds is 1. The Kier molecular flexibility index (Phi) is 6.60. The van der Waals surface area contributed by atoms with Gasteiger partial charge in [-0.1, -0.05) is 48.2 Å². The molecule has 2 aliphatic rings. The third-order valence-corrected chi connectivity index (χ3v) is 6.07. The Morgan fingerprint density at radius 3 is 2.19 bits per heavy atom. The molecule has 1 N–H and O–H groups in total. The van der Waals surface area contributed by atoms with Crippen LogP contribution in [0.25, 0.3) is 0 Å². The van der Waals surface area contributed by atoms with E-state index in [1.54, 1.807) is 0 Å². The Labute approximate surface area is 166 Å². The second-order valence-electron chi connectivity index (χ2n) is 7.04. The number of hydrogen-bond acceptors (Lipinski definition) is 5. The van der Waals surface area contributed by atoms with E-state index in [0.29, 0.717) is 12.3 Å². The lowest BCUT2D eigenvalue weighted by Crippen LogP contribution is -2.46. The Morgan fingerprint density at radius 1 is 0.963 bits per heavy atom. The number of hydrogen-bond donors (Lipinski definition) is 1. The van der Waals surface area contributed by atoms with Gasteiger partial charge in [-0.25, -0.2) is 0 Å². The first-order valence-corrected chi connectivity index (χ1v) is 11.7. The van der Waals surface area contributed by atoms with Gasteiger partial charge in [-0.2, -0.15) is 8.42 Å². The molecule has 1 unspecified atom stereocenters. The van der Waals surface area contributed by atoms with Crippen molar-refractivity contribution in [2.45, 2.75) is 22.3 Å². The largest absolute Gasteiger partial charge is 0.304 e. The van der Waals surface area contributed by atoms with Crippen molar-refractivity contribution in [3.05, 3.63) is 59.7 Å². The molecule has 146 valence electrons. The summed E-state index contributed by atoms with van der Waals surface area (Å²) < 4.78 is 25.9. The van der Waals surface area contributed by atoms with Gasteiger partial charge in [0.25, 0.3) is 10.1 Å². The highest BCUT2D eigenvalue weighted by atomic mass is 32.2. The fourth-order valence-corrected chi connectivity index (χ4v) is 4.65. The van der Waals surface area contributed by atoms with Gasteiger partial charge in [0.1, 0.15) is 0 Å². The van der Waals surface area contributed by atoms with Crippen LogP contribution in [0.5, 0.6) is 0 Å². The van der Waals surface area contributed by atoms with E-state index in [-0.39, 0.29) is 0 Å². The SMILES string of the molecule is CN1CCN(C2Cc3ccccc3Sc3ccccc32)CC1.CS(=O)(=O)O. The average Bonchev–Trinajstić information content (AvgIpc) is 2.78. The number of piperazine rings is 1. The normalized spacial score (nSPS) is 20.6. The highest BCUT2D eigenvalue weighted by Gasteiger charge is 2.28. The van der Waals surface area contributed by atoms with E-state index < -0.39 is 10.1 Å². The van der Waals surface area contributed by atoms with E-state index in [4.69, 9.17) is 4.55 Å². The first kappa shape index (κ1) is 20.4. The van der Waals surface area contributed by atoms with Crippen LogP contribution in [-0.4, -0.2) is 62.3 Å². The Morgan fingerprint density at radius 2 is 1.52 bits per heavy atom. The zero-order chi connectivity index (χ0) is 19.4. The van der Waals surface area contributed by atoms with Crippen LogP contribution in [0.15, 0.2) is 58.3 Å². The lowest BCUT2D eigenvalue weighted by atomic mass is 9.97. The Bertz CT molecular complexity index is 870. The number of benzene rings is 2. The van der Waals surface area contributed by atoms with Crippen LogP contribution >= 0.6 is 11.8 Å². The smallest absolute Gasteiger partial charge is 0.261 e. The number of likely N-dealkylation sites (N-methyl/N-ethyl adjacent to an activating group) is 1. The van der Waals surface area contributed by atoms with Gasteiger partial charge < -0.3 is 4.90 Å². The van der Waals surface area contributed by atoms with Crippen LogP contribution in [0.2, 0.25) is 0 Å². The van der Waals surface area contributed by atoms with Gasteiger partial charge >= 0.3 is 0 Å². The molecular weight excluding hydrogens is 380 g/mol. The maximum absolute atomic E-state index is 9.19. The molecule has 5 nitrogen and oxygen atoms in total. The summed E-state index contributed by atoms with van der Waals surface area (Å²) in [5.74, 6) is 0. The van der Waals surface area contributed by atoms with Crippen molar-refractivity contribution in [2.24, 2.45) is 0 Å². The van der Waals surface area contributed by atoms with Gasteiger partial charge in [-0.05, 0) is 36.7 Å². The summed E-state index contributed by atoms with van der Waals surface area (Å²) >= 11 is 1.93. The quantitative estimate of drug-likeness (QED) is 0.734. The molecule has 27 heavy (non-hydrogen) atoms. The van der Waals surface area contributed by atoms with Crippen LogP contribution < -0.4 is 0 Å². The first-order valence-electron chi connectivity index (χ1n) is 9.01. The third-order valence-electron chi connectivity index (χ3n) is 4.86. The van der Waals surface area contributed by atoms with Crippen LogP contribution in [0.3, 0.4) is 0 Å². The van der Waals surface area contributed by atoms with Gasteiger partial charge in [0.2, 0.25) is 0 Å². The topological polar surface area (TPSA) is 60.9 Å². The van der Waals surface area contributed by atoms with Crippen LogP contribution in [0, 0.1) is 0 Å². The van der Waals surface area contributed by atoms with Gasteiger partial charge in [-0.15, -0.1) is 0 Å². The zero-order valence-electron chi connectivity index (χ0n) is 15.7. The molecule has 1 fully saturated rings. The summed E-state index contributed by atoms with van der Waals surface area (Å²) in [6.07, 6.45) is 1.84. The van der Waals surface area contributed by atoms with Gasteiger partial charge in [-0.3, -0.25) is 9.45 Å². The second-order valence-corrected chi connectivity index (χ2v) is 9.59. The van der Waals surface area contributed by atoms with Crippen molar-refractivity contribution in [1.82, 2.24) is 9.80 Å². The molecule has 2 aliphatic heterocycles. The molecule has 0 aromatic heterocycles. The van der Waals surface area contributed by atoms with E-state index in [9.17, 15) is 8.42 Å². The summed E-state index contributed by atoms with van der Waals surface area (Å²) in [6.45, 7) is 4.69. The maximum Gasteiger partial charge on any atom is 0.261 e. The molecule has 1 atom stereocenters. The lowest BCUT2D eigenvalue weighted by Gasteiger charge is -2.38. The van der Waals surface area contributed by atoms with E-state index in [2.05, 4.69) is 65.4 Å². The Balaban J connectivity index is 0.000000376. The fourth-order valence-electron chi connectivity index (χ4n) is 3.52. The number of nitrogens with zero attached hydrogens (tertiary/aromatic N) is 2. The highest BCUT2D eigenvalue weighted by Crippen LogP contribution is 2.42. The van der Waals surface area contributed by atoms with E-state index in [1.165, 1.54) is 47.1 Å². The summed E-state index contributed by atoms with van der Waals surface area (Å²) in [7, 11) is -1.44. The average molecular weight is 407 g/mol. The fraction of sp³-hybridized carbons (Fsp3) is 0.400. The molecule has 2 aromatic carbocycles. The minimum Gasteiger partial charge on any atom is -0.304 e. The van der Waals surface area contributed by atoms with Crippen LogP contribution in [-0.2, 0) is 16.5 Å². The predicted molar refractivity (Wildman–Crippen MR) is 110 cm³/mol. The van der Waals surface area contributed by atoms with Crippen molar-refractivity contribution in [3.8, 4) is 0 Å². The van der Waals surface area contributed by atoms with Crippen molar-refractivity contribution < 1.29 is 13.0 Å². The van der Waals surface area contributed by atoms with Gasteiger partial charge in [0.15, 0.2) is 0 Å². The van der Waals surface area contributed by atoms with E-state index >= 15 is 0 Å². The number of fused-ring (bicyclic) bond motifs is 2. The molecule has 2 heterocycles. The van der Waals surface area contributed by atoms with Crippen molar-refractivity contribution in [2.75, 3.05) is 39.5 Å². The minimum absolute atomic E-state index is 0.515. The molecule has 0 radical (unpaired) electrons. The molecule has 1 saturated heterocycles. The van der Waals surface area contributed by atoms with Crippen molar-refractivity contribution in [1.29, 1.82) is 0 Å². The summed E-state index contributed by atoms with van der Waals surface area (Å²) in [6, 6.07) is 18.4. The van der Waals surface area contributed by atoms with Crippen LogP contribution in [0.1, 0.15) is 17.2 Å². The van der Waals surface area contributed by atoms with Gasteiger partial charge in [0.05, 0.1) is 6.26 Å². The van der Waals surface area contributed by atoms with E-state index in [1.807, 2.05) is 11.8 Å². The molecule has 0 aliphatic carbocycles. The lowest BCUT2D eigenvalue weighted by molar-refractivity contribution is 0.110. The summed E-state index contributed by atoms with van der Waals surface area (Å²) in [5.41, 5.74) is 3.00. The molecule has 0 amide bonds. The van der Waals surface area contributed by atoms with Crippen molar-refractivity contribution >= 4 is 21.9 Å². The Hall–Kier alpha value is -1.38. The molecule has 2 aromatic rings. The maximum atomic E-state index is 9.19. The predicted octanol–water partition coefficient (Wildman–Crippen LogP) is 3.19. The van der Waals surface area contributed by atoms with Crippen molar-refractivity contribution in [3.63, 3.8) is 0 Å². The third kappa shape index (κ3) is 5.80. The standard InChI is InChI=1S/C19H22N2S.CH4O3S/c1-20-10-12-21(13-11-20)17-14-15-6-2-4-8-18(15)22-19-9-5-3-7-16(17)19;1-5(2,3)4/h2-9,17H,10-14H2,1H3;1H3,(H,2,3,4). The molecule has 0 bridgehead atoms. The molecule has 0 saturated carbocycles. The summed E-state index contributed by atoms with van der Waals surface area (Å²) in [4.78, 5) is 7.96. The molecule has 7 heteroatoms.